The van der Waals surface area contributed by atoms with Crippen LogP contribution < -0.4 is 10.6 Å². The Labute approximate surface area is 168 Å². The molecule has 0 heterocycles. The monoisotopic (exact) mass is 398 g/mol. The Morgan fingerprint density at radius 2 is 1.78 bits per heavy atom. The molecule has 0 saturated carbocycles. The number of nitrogens with one attached hydrogen (secondary N) is 2. The third-order valence-electron chi connectivity index (χ3n) is 4.28. The molecule has 27 heavy (non-hydrogen) atoms. The minimum atomic E-state index is -0.347. The molecule has 0 aliphatic rings. The van der Waals surface area contributed by atoms with Gasteiger partial charge in [0.05, 0.1) is 5.69 Å². The summed E-state index contributed by atoms with van der Waals surface area (Å²) in [5, 5.41) is 17.8. The minimum absolute atomic E-state index is 0.0629. The summed E-state index contributed by atoms with van der Waals surface area (Å²) in [5.41, 5.74) is 1.97. The molecule has 0 saturated heterocycles. The standard InChI is InChI=1S/C21H19ClN2O2S/c1-12(2)13-9-10-19(25)18(11-13)23-21(27)24-20(26)16-7-3-6-15-14(16)5-4-8-17(15)22/h3-12,25H,1-2H3,(H2,23,24,26,27). The van der Waals surface area contributed by atoms with Gasteiger partial charge in [0.1, 0.15) is 5.75 Å². The number of benzene rings is 3. The average molecular weight is 399 g/mol. The summed E-state index contributed by atoms with van der Waals surface area (Å²) in [6.07, 6.45) is 0. The van der Waals surface area contributed by atoms with E-state index in [1.807, 2.05) is 24.3 Å². The van der Waals surface area contributed by atoms with Crippen molar-refractivity contribution in [2.45, 2.75) is 19.8 Å². The largest absolute Gasteiger partial charge is 0.506 e. The summed E-state index contributed by atoms with van der Waals surface area (Å²) in [6.45, 7) is 4.11. The van der Waals surface area contributed by atoms with Crippen LogP contribution in [0.25, 0.3) is 10.8 Å². The first-order valence-electron chi connectivity index (χ1n) is 8.49. The second-order valence-electron chi connectivity index (χ2n) is 6.48. The van der Waals surface area contributed by atoms with Crippen LogP contribution in [0.2, 0.25) is 5.02 Å². The molecule has 0 unspecified atom stereocenters. The predicted molar refractivity (Wildman–Crippen MR) is 115 cm³/mol. The van der Waals surface area contributed by atoms with Gasteiger partial charge in [0.25, 0.3) is 5.91 Å². The maximum Gasteiger partial charge on any atom is 0.258 e. The van der Waals surface area contributed by atoms with Crippen molar-refractivity contribution in [2.24, 2.45) is 0 Å². The van der Waals surface area contributed by atoms with E-state index in [9.17, 15) is 9.90 Å². The molecular formula is C21H19ClN2O2S. The number of phenols is 1. The van der Waals surface area contributed by atoms with Crippen LogP contribution in [0.4, 0.5) is 5.69 Å². The molecule has 3 rings (SSSR count). The predicted octanol–water partition coefficient (Wildman–Crippen LogP) is 5.45. The van der Waals surface area contributed by atoms with Gasteiger partial charge in [-0.2, -0.15) is 0 Å². The first-order valence-corrected chi connectivity index (χ1v) is 9.28. The van der Waals surface area contributed by atoms with Crippen molar-refractivity contribution in [1.82, 2.24) is 5.32 Å². The van der Waals surface area contributed by atoms with Crippen molar-refractivity contribution in [1.29, 1.82) is 0 Å². The van der Waals surface area contributed by atoms with Gasteiger partial charge in [-0.1, -0.05) is 55.8 Å². The van der Waals surface area contributed by atoms with Crippen molar-refractivity contribution in [3.63, 3.8) is 0 Å². The van der Waals surface area contributed by atoms with E-state index in [0.717, 1.165) is 16.3 Å². The summed E-state index contributed by atoms with van der Waals surface area (Å²) in [7, 11) is 0. The molecule has 0 bridgehead atoms. The Morgan fingerprint density at radius 3 is 2.52 bits per heavy atom. The molecule has 0 aliphatic carbocycles. The number of rotatable bonds is 3. The van der Waals surface area contributed by atoms with Crippen molar-refractivity contribution < 1.29 is 9.90 Å². The Morgan fingerprint density at radius 1 is 1.07 bits per heavy atom. The number of amides is 1. The average Bonchev–Trinajstić information content (AvgIpc) is 2.63. The molecule has 0 aromatic heterocycles. The van der Waals surface area contributed by atoms with E-state index in [2.05, 4.69) is 24.5 Å². The second kappa shape index (κ2) is 7.94. The molecule has 6 heteroatoms. The number of carbonyl (C=O) groups excluding carboxylic acids is 1. The Bertz CT molecular complexity index is 1030. The van der Waals surface area contributed by atoms with E-state index >= 15 is 0 Å². The molecule has 1 amide bonds. The lowest BCUT2D eigenvalue weighted by molar-refractivity contribution is 0.0979. The number of aromatic hydroxyl groups is 1. The van der Waals surface area contributed by atoms with Crippen LogP contribution in [0, 0.1) is 0 Å². The number of hydrogen-bond donors (Lipinski definition) is 3. The minimum Gasteiger partial charge on any atom is -0.506 e. The van der Waals surface area contributed by atoms with Crippen LogP contribution in [-0.4, -0.2) is 16.1 Å². The van der Waals surface area contributed by atoms with E-state index in [4.69, 9.17) is 23.8 Å². The maximum atomic E-state index is 12.7. The fraction of sp³-hybridized carbons (Fsp3) is 0.143. The van der Waals surface area contributed by atoms with Crippen LogP contribution in [-0.2, 0) is 0 Å². The first kappa shape index (κ1) is 19.1. The van der Waals surface area contributed by atoms with Crippen LogP contribution >= 0.6 is 23.8 Å². The van der Waals surface area contributed by atoms with Gasteiger partial charge in [-0.3, -0.25) is 10.1 Å². The molecule has 0 spiro atoms. The van der Waals surface area contributed by atoms with Crippen molar-refractivity contribution in [2.75, 3.05) is 5.32 Å². The van der Waals surface area contributed by atoms with Gasteiger partial charge in [-0.05, 0) is 53.4 Å². The van der Waals surface area contributed by atoms with E-state index in [1.54, 1.807) is 30.3 Å². The molecule has 3 N–H and O–H groups in total. The highest BCUT2D eigenvalue weighted by Gasteiger charge is 2.14. The van der Waals surface area contributed by atoms with Gasteiger partial charge in [0, 0.05) is 16.0 Å². The van der Waals surface area contributed by atoms with Crippen molar-refractivity contribution in [3.8, 4) is 5.75 Å². The van der Waals surface area contributed by atoms with Crippen molar-refractivity contribution in [3.05, 3.63) is 70.7 Å². The molecule has 3 aromatic rings. The van der Waals surface area contributed by atoms with Crippen LogP contribution in [0.15, 0.2) is 54.6 Å². The number of halogens is 1. The summed E-state index contributed by atoms with van der Waals surface area (Å²) in [4.78, 5) is 12.7. The van der Waals surface area contributed by atoms with Gasteiger partial charge in [0.15, 0.2) is 5.11 Å². The summed E-state index contributed by atoms with van der Waals surface area (Å²) >= 11 is 11.5. The highest BCUT2D eigenvalue weighted by Crippen LogP contribution is 2.28. The van der Waals surface area contributed by atoms with Gasteiger partial charge < -0.3 is 10.4 Å². The summed E-state index contributed by atoms with van der Waals surface area (Å²) < 4.78 is 0. The fourth-order valence-corrected chi connectivity index (χ4v) is 3.25. The maximum absolute atomic E-state index is 12.7. The number of hydrogen-bond acceptors (Lipinski definition) is 3. The number of anilines is 1. The van der Waals surface area contributed by atoms with Crippen molar-refractivity contribution >= 4 is 51.3 Å². The second-order valence-corrected chi connectivity index (χ2v) is 7.30. The third-order valence-corrected chi connectivity index (χ3v) is 4.81. The number of phenolic OH excluding ortho intramolecular Hbond substituents is 1. The molecular weight excluding hydrogens is 380 g/mol. The fourth-order valence-electron chi connectivity index (χ4n) is 2.81. The molecule has 4 nitrogen and oxygen atoms in total. The zero-order valence-electron chi connectivity index (χ0n) is 14.9. The lowest BCUT2D eigenvalue weighted by atomic mass is 10.0. The zero-order chi connectivity index (χ0) is 19.6. The summed E-state index contributed by atoms with van der Waals surface area (Å²) in [6, 6.07) is 16.0. The molecule has 3 aromatic carbocycles. The molecule has 0 fully saturated rings. The van der Waals surface area contributed by atoms with Crippen LogP contribution in [0.1, 0.15) is 35.7 Å². The SMILES string of the molecule is CC(C)c1ccc(O)c(NC(=S)NC(=O)c2cccc3c(Cl)cccc23)c1. The number of fused-ring (bicyclic) bond motifs is 1. The van der Waals surface area contributed by atoms with E-state index in [-0.39, 0.29) is 16.8 Å². The Kier molecular flexibility index (Phi) is 5.63. The van der Waals surface area contributed by atoms with Gasteiger partial charge >= 0.3 is 0 Å². The normalized spacial score (nSPS) is 10.8. The zero-order valence-corrected chi connectivity index (χ0v) is 16.5. The van der Waals surface area contributed by atoms with Gasteiger partial charge in [-0.15, -0.1) is 0 Å². The third kappa shape index (κ3) is 4.21. The molecule has 0 radical (unpaired) electrons. The Balaban J connectivity index is 1.80. The lowest BCUT2D eigenvalue weighted by Gasteiger charge is -2.14. The Hall–Kier alpha value is -2.63. The van der Waals surface area contributed by atoms with Crippen LogP contribution in [0.5, 0.6) is 5.75 Å². The van der Waals surface area contributed by atoms with Crippen LogP contribution in [0.3, 0.4) is 0 Å². The molecule has 0 aliphatic heterocycles. The van der Waals surface area contributed by atoms with E-state index in [0.29, 0.717) is 22.2 Å². The smallest absolute Gasteiger partial charge is 0.258 e. The number of thiocarbonyl (C=S) groups is 1. The molecule has 0 atom stereocenters. The molecule has 138 valence electrons. The van der Waals surface area contributed by atoms with Gasteiger partial charge in [-0.25, -0.2) is 0 Å². The number of carbonyl (C=O) groups is 1. The first-order chi connectivity index (χ1) is 12.9. The summed E-state index contributed by atoms with van der Waals surface area (Å²) in [5.74, 6) is 0.0163. The van der Waals surface area contributed by atoms with Gasteiger partial charge in [0.2, 0.25) is 0 Å². The highest BCUT2D eigenvalue weighted by atomic mass is 35.5. The lowest BCUT2D eigenvalue weighted by Crippen LogP contribution is -2.34. The topological polar surface area (TPSA) is 61.4 Å². The highest BCUT2D eigenvalue weighted by molar-refractivity contribution is 7.80. The van der Waals surface area contributed by atoms with E-state index < -0.39 is 0 Å². The van der Waals surface area contributed by atoms with E-state index in [1.165, 1.54) is 0 Å². The quantitative estimate of drug-likeness (QED) is 0.405.